The number of methoxy groups -OCH3 is 1. The van der Waals surface area contributed by atoms with Crippen molar-refractivity contribution >= 4 is 34.8 Å². The highest BCUT2D eigenvalue weighted by molar-refractivity contribution is 6.40. The van der Waals surface area contributed by atoms with Gasteiger partial charge in [0, 0.05) is 17.2 Å². The van der Waals surface area contributed by atoms with Crippen molar-refractivity contribution in [2.24, 2.45) is 0 Å². The lowest BCUT2D eigenvalue weighted by Gasteiger charge is -2.09. The van der Waals surface area contributed by atoms with E-state index in [1.165, 1.54) is 7.11 Å². The molecule has 0 N–H and O–H groups in total. The molecule has 2 aromatic rings. The van der Waals surface area contributed by atoms with E-state index >= 15 is 0 Å². The Bertz CT molecular complexity index is 537. The van der Waals surface area contributed by atoms with Crippen LogP contribution >= 0.6 is 34.8 Å². The molecule has 0 saturated carbocycles. The first kappa shape index (κ1) is 12.5. The van der Waals surface area contributed by atoms with Crippen LogP contribution in [0, 0.1) is 0 Å². The summed E-state index contributed by atoms with van der Waals surface area (Å²) in [5.41, 5.74) is 1.36. The highest BCUT2D eigenvalue weighted by Gasteiger charge is 2.13. The fourth-order valence-electron chi connectivity index (χ4n) is 1.47. The first-order chi connectivity index (χ1) is 8.13. The molecule has 17 heavy (non-hydrogen) atoms. The van der Waals surface area contributed by atoms with E-state index < -0.39 is 0 Å². The number of aromatic nitrogens is 1. The molecule has 88 valence electrons. The van der Waals surface area contributed by atoms with Crippen molar-refractivity contribution in [2.75, 3.05) is 7.11 Å². The summed E-state index contributed by atoms with van der Waals surface area (Å²) in [4.78, 5) is 4.08. The van der Waals surface area contributed by atoms with Gasteiger partial charge in [0.25, 0.3) is 0 Å². The molecule has 0 unspecified atom stereocenters. The molecule has 0 radical (unpaired) electrons. The first-order valence-electron chi connectivity index (χ1n) is 4.78. The number of nitrogens with zero attached hydrogens (tertiary/aromatic N) is 1. The lowest BCUT2D eigenvalue weighted by Crippen LogP contribution is -1.90. The highest BCUT2D eigenvalue weighted by Crippen LogP contribution is 2.38. The SMILES string of the molecule is COc1ccc(-c2c(Cl)cccc2Cl)c(Cl)n1. The maximum Gasteiger partial charge on any atom is 0.214 e. The van der Waals surface area contributed by atoms with Crippen molar-refractivity contribution < 1.29 is 4.74 Å². The minimum atomic E-state index is 0.305. The van der Waals surface area contributed by atoms with Gasteiger partial charge in [0.2, 0.25) is 5.88 Å². The number of hydrogen-bond acceptors (Lipinski definition) is 2. The zero-order valence-corrected chi connectivity index (χ0v) is 11.1. The van der Waals surface area contributed by atoms with E-state index in [1.54, 1.807) is 30.3 Å². The van der Waals surface area contributed by atoms with Crippen LogP contribution in [0.5, 0.6) is 5.88 Å². The summed E-state index contributed by atoms with van der Waals surface area (Å²) in [5, 5.41) is 1.37. The quantitative estimate of drug-likeness (QED) is 0.746. The van der Waals surface area contributed by atoms with Crippen LogP contribution in [-0.2, 0) is 0 Å². The number of ether oxygens (including phenoxy) is 1. The van der Waals surface area contributed by atoms with Gasteiger partial charge in [-0.3, -0.25) is 0 Å². The number of benzene rings is 1. The molecule has 1 aromatic carbocycles. The Morgan fingerprint density at radius 3 is 2.18 bits per heavy atom. The summed E-state index contributed by atoms with van der Waals surface area (Å²) >= 11 is 18.3. The van der Waals surface area contributed by atoms with Crippen molar-refractivity contribution in [3.63, 3.8) is 0 Å². The van der Waals surface area contributed by atoms with Crippen molar-refractivity contribution in [1.29, 1.82) is 0 Å². The molecule has 5 heteroatoms. The molecule has 0 spiro atoms. The predicted molar refractivity (Wildman–Crippen MR) is 71.3 cm³/mol. The summed E-state index contributed by atoms with van der Waals surface area (Å²) in [6.07, 6.45) is 0. The Hall–Kier alpha value is -0.960. The van der Waals surface area contributed by atoms with Gasteiger partial charge in [0.05, 0.1) is 17.2 Å². The number of hydrogen-bond donors (Lipinski definition) is 0. The number of rotatable bonds is 2. The molecule has 1 aromatic heterocycles. The highest BCUT2D eigenvalue weighted by atomic mass is 35.5. The Kier molecular flexibility index (Phi) is 3.77. The van der Waals surface area contributed by atoms with E-state index in [0.29, 0.717) is 32.2 Å². The van der Waals surface area contributed by atoms with Crippen LogP contribution < -0.4 is 4.74 Å². The summed E-state index contributed by atoms with van der Waals surface area (Å²) < 4.78 is 4.98. The summed E-state index contributed by atoms with van der Waals surface area (Å²) in [6.45, 7) is 0. The molecular formula is C12H8Cl3NO. The monoisotopic (exact) mass is 287 g/mol. The number of pyridine rings is 1. The maximum absolute atomic E-state index is 6.11. The molecule has 0 aliphatic rings. The second-order valence-electron chi connectivity index (χ2n) is 3.29. The largest absolute Gasteiger partial charge is 0.481 e. The second kappa shape index (κ2) is 5.13. The third-order valence-electron chi connectivity index (χ3n) is 2.26. The van der Waals surface area contributed by atoms with Crippen molar-refractivity contribution in [1.82, 2.24) is 4.98 Å². The lowest BCUT2D eigenvalue weighted by molar-refractivity contribution is 0.398. The minimum Gasteiger partial charge on any atom is -0.481 e. The van der Waals surface area contributed by atoms with Gasteiger partial charge in [0.15, 0.2) is 0 Å². The lowest BCUT2D eigenvalue weighted by atomic mass is 10.1. The van der Waals surface area contributed by atoms with Crippen molar-refractivity contribution in [3.05, 3.63) is 45.5 Å². The third-order valence-corrected chi connectivity index (χ3v) is 3.18. The third kappa shape index (κ3) is 2.49. The van der Waals surface area contributed by atoms with E-state index in [2.05, 4.69) is 4.98 Å². The van der Waals surface area contributed by atoms with Crippen LogP contribution in [0.1, 0.15) is 0 Å². The molecule has 0 aliphatic heterocycles. The van der Waals surface area contributed by atoms with Crippen LogP contribution in [0.15, 0.2) is 30.3 Å². The van der Waals surface area contributed by atoms with E-state index in [-0.39, 0.29) is 0 Å². The van der Waals surface area contributed by atoms with Crippen LogP contribution in [0.3, 0.4) is 0 Å². The van der Waals surface area contributed by atoms with Crippen molar-refractivity contribution in [3.8, 4) is 17.0 Å². The Balaban J connectivity index is 2.61. The molecule has 0 bridgehead atoms. The summed E-state index contributed by atoms with van der Waals surface area (Å²) in [7, 11) is 1.53. The number of halogens is 3. The van der Waals surface area contributed by atoms with Crippen LogP contribution in [0.25, 0.3) is 11.1 Å². The minimum absolute atomic E-state index is 0.305. The molecule has 2 nitrogen and oxygen atoms in total. The van der Waals surface area contributed by atoms with Gasteiger partial charge >= 0.3 is 0 Å². The van der Waals surface area contributed by atoms with Gasteiger partial charge < -0.3 is 4.74 Å². The summed E-state index contributed by atoms with van der Waals surface area (Å²) in [6, 6.07) is 8.77. The van der Waals surface area contributed by atoms with Gasteiger partial charge in [-0.1, -0.05) is 40.9 Å². The molecule has 1 heterocycles. The molecular weight excluding hydrogens is 280 g/mol. The zero-order valence-electron chi connectivity index (χ0n) is 8.88. The first-order valence-corrected chi connectivity index (χ1v) is 5.92. The van der Waals surface area contributed by atoms with Crippen LogP contribution in [0.2, 0.25) is 15.2 Å². The molecule has 0 fully saturated rings. The average Bonchev–Trinajstić information content (AvgIpc) is 2.30. The fourth-order valence-corrected chi connectivity index (χ4v) is 2.31. The average molecular weight is 289 g/mol. The van der Waals surface area contributed by atoms with Gasteiger partial charge in [0.1, 0.15) is 5.15 Å². The van der Waals surface area contributed by atoms with E-state index in [0.717, 1.165) is 0 Å². The summed E-state index contributed by atoms with van der Waals surface area (Å²) in [5.74, 6) is 0.446. The zero-order chi connectivity index (χ0) is 12.4. The Morgan fingerprint density at radius 1 is 1.00 bits per heavy atom. The van der Waals surface area contributed by atoms with Crippen LogP contribution in [0.4, 0.5) is 0 Å². The predicted octanol–water partition coefficient (Wildman–Crippen LogP) is 4.72. The van der Waals surface area contributed by atoms with Gasteiger partial charge in [-0.15, -0.1) is 0 Å². The van der Waals surface area contributed by atoms with Crippen LogP contribution in [-0.4, -0.2) is 12.1 Å². The smallest absolute Gasteiger partial charge is 0.214 e. The topological polar surface area (TPSA) is 22.1 Å². The fraction of sp³-hybridized carbons (Fsp3) is 0.0833. The second-order valence-corrected chi connectivity index (χ2v) is 4.46. The standard InChI is InChI=1S/C12H8Cl3NO/c1-17-10-6-5-7(12(15)16-10)11-8(13)3-2-4-9(11)14/h2-6H,1H3. The van der Waals surface area contributed by atoms with Gasteiger partial charge in [-0.25, -0.2) is 4.98 Å². The maximum atomic E-state index is 6.11. The molecule has 2 rings (SSSR count). The molecule has 0 aliphatic carbocycles. The normalized spacial score (nSPS) is 10.4. The Morgan fingerprint density at radius 2 is 1.65 bits per heavy atom. The van der Waals surface area contributed by atoms with Crippen molar-refractivity contribution in [2.45, 2.75) is 0 Å². The molecule has 0 atom stereocenters. The molecule has 0 amide bonds. The van der Waals surface area contributed by atoms with E-state index in [9.17, 15) is 0 Å². The Labute approximate surface area is 114 Å². The molecule has 0 saturated heterocycles. The van der Waals surface area contributed by atoms with Gasteiger partial charge in [-0.2, -0.15) is 0 Å². The van der Waals surface area contributed by atoms with E-state index in [4.69, 9.17) is 39.5 Å². The van der Waals surface area contributed by atoms with E-state index in [1.807, 2.05) is 0 Å². The van der Waals surface area contributed by atoms with Gasteiger partial charge in [-0.05, 0) is 18.2 Å².